The van der Waals surface area contributed by atoms with Crippen molar-refractivity contribution in [2.24, 2.45) is 5.10 Å². The Balaban J connectivity index is 1.45. The average molecular weight is 422 g/mol. The van der Waals surface area contributed by atoms with Crippen molar-refractivity contribution in [2.75, 3.05) is 13.7 Å². The minimum absolute atomic E-state index is 0.261. The molecule has 31 heavy (non-hydrogen) atoms. The maximum atomic E-state index is 12.8. The van der Waals surface area contributed by atoms with Crippen LogP contribution in [0.15, 0.2) is 77.9 Å². The van der Waals surface area contributed by atoms with Crippen molar-refractivity contribution in [2.45, 2.75) is 0 Å². The van der Waals surface area contributed by atoms with Gasteiger partial charge in [0.15, 0.2) is 6.61 Å². The van der Waals surface area contributed by atoms with Crippen molar-refractivity contribution < 1.29 is 28.2 Å². The minimum Gasteiger partial charge on any atom is -0.497 e. The van der Waals surface area contributed by atoms with Gasteiger partial charge in [-0.15, -0.1) is 0 Å². The Labute approximate surface area is 178 Å². The lowest BCUT2D eigenvalue weighted by atomic mass is 10.2. The number of hydrazone groups is 1. The number of carbonyl (C=O) groups excluding carboxylic acids is 2. The first-order chi connectivity index (χ1) is 15.0. The predicted molar refractivity (Wildman–Crippen MR) is 112 cm³/mol. The molecule has 0 aliphatic heterocycles. The summed E-state index contributed by atoms with van der Waals surface area (Å²) in [5, 5.41) is 3.84. The van der Waals surface area contributed by atoms with Gasteiger partial charge in [-0.1, -0.05) is 0 Å². The second-order valence-electron chi connectivity index (χ2n) is 6.22. The molecule has 0 aromatic heterocycles. The van der Waals surface area contributed by atoms with E-state index in [4.69, 9.17) is 14.2 Å². The van der Waals surface area contributed by atoms with E-state index in [-0.39, 0.29) is 12.4 Å². The summed E-state index contributed by atoms with van der Waals surface area (Å²) >= 11 is 0. The Hall–Kier alpha value is -4.20. The Kier molecular flexibility index (Phi) is 7.31. The molecule has 0 radical (unpaired) electrons. The van der Waals surface area contributed by atoms with Gasteiger partial charge in [-0.2, -0.15) is 5.10 Å². The summed E-state index contributed by atoms with van der Waals surface area (Å²) in [6.07, 6.45) is 1.44. The molecule has 1 amide bonds. The molecule has 3 rings (SSSR count). The van der Waals surface area contributed by atoms with Gasteiger partial charge in [-0.05, 0) is 78.4 Å². The molecule has 0 fully saturated rings. The maximum absolute atomic E-state index is 12.8. The maximum Gasteiger partial charge on any atom is 0.343 e. The third-order valence-electron chi connectivity index (χ3n) is 4.00. The lowest BCUT2D eigenvalue weighted by molar-refractivity contribution is -0.123. The molecule has 0 saturated carbocycles. The van der Waals surface area contributed by atoms with Crippen molar-refractivity contribution in [1.29, 1.82) is 0 Å². The van der Waals surface area contributed by atoms with E-state index in [1.807, 2.05) is 0 Å². The molecule has 0 bridgehead atoms. The topological polar surface area (TPSA) is 86.2 Å². The van der Waals surface area contributed by atoms with Crippen LogP contribution >= 0.6 is 0 Å². The van der Waals surface area contributed by atoms with Crippen LogP contribution in [0.1, 0.15) is 15.9 Å². The van der Waals surface area contributed by atoms with Crippen molar-refractivity contribution in [1.82, 2.24) is 5.43 Å². The highest BCUT2D eigenvalue weighted by Crippen LogP contribution is 2.16. The number of nitrogens with one attached hydrogen (secondary N) is 1. The fourth-order valence-corrected chi connectivity index (χ4v) is 2.41. The smallest absolute Gasteiger partial charge is 0.343 e. The van der Waals surface area contributed by atoms with Crippen molar-refractivity contribution in [3.63, 3.8) is 0 Å². The number of benzene rings is 3. The molecule has 0 atom stereocenters. The molecule has 0 aliphatic carbocycles. The largest absolute Gasteiger partial charge is 0.497 e. The zero-order valence-electron chi connectivity index (χ0n) is 16.6. The van der Waals surface area contributed by atoms with Crippen molar-refractivity contribution >= 4 is 18.1 Å². The van der Waals surface area contributed by atoms with Crippen LogP contribution in [0.25, 0.3) is 0 Å². The number of ether oxygens (including phenoxy) is 3. The summed E-state index contributed by atoms with van der Waals surface area (Å²) in [5.74, 6) is 0.0512. The molecule has 0 spiro atoms. The van der Waals surface area contributed by atoms with Gasteiger partial charge in [0, 0.05) is 0 Å². The van der Waals surface area contributed by atoms with Crippen molar-refractivity contribution in [3.8, 4) is 17.2 Å². The second-order valence-corrected chi connectivity index (χ2v) is 6.22. The van der Waals surface area contributed by atoms with E-state index in [2.05, 4.69) is 10.5 Å². The van der Waals surface area contributed by atoms with Crippen LogP contribution in [0.5, 0.6) is 17.2 Å². The van der Waals surface area contributed by atoms with E-state index < -0.39 is 11.9 Å². The van der Waals surface area contributed by atoms with Crippen LogP contribution in [-0.2, 0) is 4.79 Å². The van der Waals surface area contributed by atoms with E-state index in [9.17, 15) is 14.0 Å². The molecular weight excluding hydrogens is 403 g/mol. The number of nitrogens with zero attached hydrogens (tertiary/aromatic N) is 1. The molecule has 3 aromatic rings. The molecule has 8 heteroatoms. The van der Waals surface area contributed by atoms with Crippen molar-refractivity contribution in [3.05, 3.63) is 89.7 Å². The SMILES string of the molecule is COc1ccc(C(=O)Oc2ccc(/C=N/NC(=O)COc3ccc(F)cc3)cc2)cc1. The molecule has 3 aromatic carbocycles. The van der Waals surface area contributed by atoms with Crippen LogP contribution in [0.2, 0.25) is 0 Å². The van der Waals surface area contributed by atoms with Gasteiger partial charge in [-0.25, -0.2) is 14.6 Å². The molecule has 0 unspecified atom stereocenters. The molecule has 0 aliphatic rings. The summed E-state index contributed by atoms with van der Waals surface area (Å²) in [6, 6.07) is 18.5. The van der Waals surface area contributed by atoms with Gasteiger partial charge in [0.1, 0.15) is 23.1 Å². The van der Waals surface area contributed by atoms with Gasteiger partial charge in [-0.3, -0.25) is 4.79 Å². The normalized spacial score (nSPS) is 10.5. The zero-order valence-corrected chi connectivity index (χ0v) is 16.6. The predicted octanol–water partition coefficient (Wildman–Crippen LogP) is 3.58. The highest BCUT2D eigenvalue weighted by Gasteiger charge is 2.08. The Morgan fingerprint density at radius 3 is 2.16 bits per heavy atom. The molecular formula is C23H19FN2O5. The Morgan fingerprint density at radius 1 is 0.903 bits per heavy atom. The molecule has 0 saturated heterocycles. The quantitative estimate of drug-likeness (QED) is 0.260. The van der Waals surface area contributed by atoms with Gasteiger partial charge < -0.3 is 14.2 Å². The fraction of sp³-hybridized carbons (Fsp3) is 0.0870. The lowest BCUT2D eigenvalue weighted by Gasteiger charge is -2.06. The van der Waals surface area contributed by atoms with E-state index >= 15 is 0 Å². The first-order valence-corrected chi connectivity index (χ1v) is 9.20. The summed E-state index contributed by atoms with van der Waals surface area (Å²) < 4.78 is 28.4. The fourth-order valence-electron chi connectivity index (χ4n) is 2.41. The van der Waals surface area contributed by atoms with E-state index in [0.717, 1.165) is 0 Å². The number of amides is 1. The Bertz CT molecular complexity index is 1050. The summed E-state index contributed by atoms with van der Waals surface area (Å²) in [6.45, 7) is -0.261. The Morgan fingerprint density at radius 2 is 1.52 bits per heavy atom. The van der Waals surface area contributed by atoms with Gasteiger partial charge in [0.25, 0.3) is 5.91 Å². The number of methoxy groups -OCH3 is 1. The first kappa shape index (κ1) is 21.5. The number of esters is 1. The number of halogens is 1. The molecule has 7 nitrogen and oxygen atoms in total. The summed E-state index contributed by atoms with van der Waals surface area (Å²) in [5.41, 5.74) is 3.41. The third kappa shape index (κ3) is 6.67. The first-order valence-electron chi connectivity index (χ1n) is 9.20. The van der Waals surface area contributed by atoms with Gasteiger partial charge >= 0.3 is 5.97 Å². The van der Waals surface area contributed by atoms with Crippen LogP contribution in [0.4, 0.5) is 4.39 Å². The monoisotopic (exact) mass is 422 g/mol. The number of carbonyl (C=O) groups is 2. The zero-order chi connectivity index (χ0) is 22.1. The number of rotatable bonds is 8. The molecule has 1 N–H and O–H groups in total. The lowest BCUT2D eigenvalue weighted by Crippen LogP contribution is -2.24. The van der Waals surface area contributed by atoms with Gasteiger partial charge in [0.05, 0.1) is 18.9 Å². The highest BCUT2D eigenvalue weighted by atomic mass is 19.1. The average Bonchev–Trinajstić information content (AvgIpc) is 2.80. The van der Waals surface area contributed by atoms with Crippen LogP contribution < -0.4 is 19.6 Å². The highest BCUT2D eigenvalue weighted by molar-refractivity contribution is 5.91. The molecule has 158 valence electrons. The standard InChI is InChI=1S/C23H19FN2O5/c1-29-19-10-4-17(5-11-19)23(28)31-21-8-2-16(3-9-21)14-25-26-22(27)15-30-20-12-6-18(24)7-13-20/h2-14H,15H2,1H3,(H,26,27)/b25-14+. The number of hydrogen-bond acceptors (Lipinski definition) is 6. The van der Waals surface area contributed by atoms with E-state index in [1.54, 1.807) is 55.6 Å². The van der Waals surface area contributed by atoms with Crippen LogP contribution in [0, 0.1) is 5.82 Å². The van der Waals surface area contributed by atoms with Crippen LogP contribution in [-0.4, -0.2) is 31.8 Å². The third-order valence-corrected chi connectivity index (χ3v) is 4.00. The van der Waals surface area contributed by atoms with Crippen LogP contribution in [0.3, 0.4) is 0 Å². The summed E-state index contributed by atoms with van der Waals surface area (Å²) in [4.78, 5) is 23.9. The van der Waals surface area contributed by atoms with E-state index in [1.165, 1.54) is 30.5 Å². The van der Waals surface area contributed by atoms with E-state index in [0.29, 0.717) is 28.4 Å². The summed E-state index contributed by atoms with van der Waals surface area (Å²) in [7, 11) is 1.55. The minimum atomic E-state index is -0.488. The number of hydrogen-bond donors (Lipinski definition) is 1. The molecule has 0 heterocycles. The second kappa shape index (κ2) is 10.5. The van der Waals surface area contributed by atoms with Gasteiger partial charge in [0.2, 0.25) is 0 Å².